The number of aromatic amines is 1. The number of hydrogen-bond donors (Lipinski definition) is 2. The maximum absolute atomic E-state index is 15.2. The SMILES string of the molecule is Cc1ccc(Cc2c(O[C@]3(O)O[C@H](COCc4ccccc4)[C@@H](OCc4ccccc4)[C@H](OCc4ccccc4)[C@H]3OCc3ccccc3)n[nH]c2C)c(F)c1F. The smallest absolute Gasteiger partial charge is 0.356 e. The molecule has 0 aliphatic carbocycles. The summed E-state index contributed by atoms with van der Waals surface area (Å²) in [4.78, 5) is 0. The number of benzene rings is 5. The van der Waals surface area contributed by atoms with Crippen LogP contribution in [0.1, 0.15) is 44.6 Å². The summed E-state index contributed by atoms with van der Waals surface area (Å²) in [6.45, 7) is 3.84. The molecule has 1 aliphatic rings. The highest BCUT2D eigenvalue weighted by Crippen LogP contribution is 2.38. The molecule has 0 amide bonds. The lowest BCUT2D eigenvalue weighted by Gasteiger charge is -2.49. The Bertz CT molecular complexity index is 2160. The zero-order chi connectivity index (χ0) is 39.6. The van der Waals surface area contributed by atoms with Crippen molar-refractivity contribution in [3.05, 3.63) is 190 Å². The summed E-state index contributed by atoms with van der Waals surface area (Å²) in [5.41, 5.74) is 4.75. The van der Waals surface area contributed by atoms with Crippen LogP contribution in [0.2, 0.25) is 0 Å². The van der Waals surface area contributed by atoms with Gasteiger partial charge >= 0.3 is 5.97 Å². The Kier molecular flexibility index (Phi) is 13.2. The summed E-state index contributed by atoms with van der Waals surface area (Å²) in [6, 6.07) is 41.5. The second kappa shape index (κ2) is 18.8. The molecule has 1 aromatic heterocycles. The lowest BCUT2D eigenvalue weighted by atomic mass is 9.96. The second-order valence-corrected chi connectivity index (χ2v) is 14.1. The van der Waals surface area contributed by atoms with Crippen molar-refractivity contribution in [1.29, 1.82) is 0 Å². The molecule has 296 valence electrons. The van der Waals surface area contributed by atoms with E-state index in [4.69, 9.17) is 28.4 Å². The van der Waals surface area contributed by atoms with E-state index in [1.54, 1.807) is 6.92 Å². The Hall–Kier alpha value is -5.27. The lowest BCUT2D eigenvalue weighted by molar-refractivity contribution is -0.436. The predicted octanol–water partition coefficient (Wildman–Crippen LogP) is 8.29. The first kappa shape index (κ1) is 39.9. The molecule has 5 atom stereocenters. The number of nitrogens with zero attached hydrogens (tertiary/aromatic N) is 1. The molecule has 1 saturated heterocycles. The van der Waals surface area contributed by atoms with Crippen molar-refractivity contribution in [1.82, 2.24) is 10.2 Å². The van der Waals surface area contributed by atoms with Crippen LogP contribution in [0.25, 0.3) is 0 Å². The van der Waals surface area contributed by atoms with E-state index in [-0.39, 0.29) is 56.5 Å². The quantitative estimate of drug-likeness (QED) is 0.0893. The van der Waals surface area contributed by atoms with Crippen LogP contribution >= 0.6 is 0 Å². The van der Waals surface area contributed by atoms with Crippen LogP contribution < -0.4 is 4.74 Å². The largest absolute Gasteiger partial charge is 0.417 e. The number of hydrogen-bond acceptors (Lipinski definition) is 8. The van der Waals surface area contributed by atoms with Crippen LogP contribution in [0.4, 0.5) is 8.78 Å². The van der Waals surface area contributed by atoms with E-state index in [0.717, 1.165) is 22.3 Å². The van der Waals surface area contributed by atoms with Crippen LogP contribution in [0.5, 0.6) is 5.88 Å². The fourth-order valence-electron chi connectivity index (χ4n) is 6.77. The molecule has 11 heteroatoms. The lowest BCUT2D eigenvalue weighted by Crippen LogP contribution is -2.69. The topological polar surface area (TPSA) is 104 Å². The molecular weight excluding hydrogens is 731 g/mol. The van der Waals surface area contributed by atoms with Gasteiger partial charge in [0.2, 0.25) is 5.88 Å². The van der Waals surface area contributed by atoms with Crippen molar-refractivity contribution < 1.29 is 42.3 Å². The maximum Gasteiger partial charge on any atom is 0.356 e. The summed E-state index contributed by atoms with van der Waals surface area (Å²) in [6.07, 6.45) is -4.25. The Morgan fingerprint density at radius 3 is 1.72 bits per heavy atom. The average Bonchev–Trinajstić information content (AvgIpc) is 3.57. The van der Waals surface area contributed by atoms with Gasteiger partial charge in [-0.3, -0.25) is 5.10 Å². The normalized spacial score (nSPS) is 20.7. The number of aromatic nitrogens is 2. The first-order chi connectivity index (χ1) is 27.8. The molecule has 5 aromatic carbocycles. The van der Waals surface area contributed by atoms with Crippen molar-refractivity contribution in [3.8, 4) is 5.88 Å². The molecule has 0 radical (unpaired) electrons. The number of H-pyrrole nitrogens is 1. The Morgan fingerprint density at radius 1 is 0.649 bits per heavy atom. The Morgan fingerprint density at radius 2 is 1.16 bits per heavy atom. The monoisotopic (exact) mass is 776 g/mol. The number of nitrogens with one attached hydrogen (secondary N) is 1. The van der Waals surface area contributed by atoms with Gasteiger partial charge in [-0.05, 0) is 47.2 Å². The first-order valence-corrected chi connectivity index (χ1v) is 18.9. The number of aliphatic hydroxyl groups is 1. The van der Waals surface area contributed by atoms with Crippen LogP contribution in [0, 0.1) is 25.5 Å². The van der Waals surface area contributed by atoms with E-state index in [1.807, 2.05) is 121 Å². The summed E-state index contributed by atoms with van der Waals surface area (Å²) in [5, 5.41) is 20.0. The van der Waals surface area contributed by atoms with Gasteiger partial charge in [-0.1, -0.05) is 133 Å². The number of halogens is 2. The van der Waals surface area contributed by atoms with Crippen LogP contribution in [-0.2, 0) is 56.5 Å². The van der Waals surface area contributed by atoms with Crippen molar-refractivity contribution in [2.75, 3.05) is 6.61 Å². The zero-order valence-electron chi connectivity index (χ0n) is 31.9. The molecule has 1 aliphatic heterocycles. The number of aryl methyl sites for hydroxylation is 2. The van der Waals surface area contributed by atoms with Gasteiger partial charge in [0.15, 0.2) is 17.7 Å². The van der Waals surface area contributed by atoms with Gasteiger partial charge < -0.3 is 33.5 Å². The first-order valence-electron chi connectivity index (χ1n) is 18.9. The molecule has 0 unspecified atom stereocenters. The van der Waals surface area contributed by atoms with E-state index in [9.17, 15) is 9.50 Å². The van der Waals surface area contributed by atoms with Gasteiger partial charge in [0.1, 0.15) is 18.3 Å². The van der Waals surface area contributed by atoms with E-state index in [2.05, 4.69) is 10.2 Å². The average molecular weight is 777 g/mol. The van der Waals surface area contributed by atoms with Gasteiger partial charge in [0.05, 0.1) is 33.0 Å². The molecule has 0 spiro atoms. The summed E-state index contributed by atoms with van der Waals surface area (Å²) in [5.74, 6) is -4.55. The highest BCUT2D eigenvalue weighted by molar-refractivity contribution is 5.37. The maximum atomic E-state index is 15.2. The van der Waals surface area contributed by atoms with Gasteiger partial charge in [-0.15, -0.1) is 5.10 Å². The standard InChI is InChI=1S/C46H46F2N2O7/c1-31-23-24-37(41(48)40(31)47)25-38-32(2)49-50-45(38)57-46(51)44(55-29-36-21-13-6-14-22-36)43(54-28-35-19-11-5-12-20-35)42(53-27-34-17-9-4-10-18-34)39(56-46)30-52-26-33-15-7-3-8-16-33/h3-24,39,42-44,51H,25-30H2,1-2H3,(H,49,50)/t39-,42-,43+,44-,46-/m1/s1. The molecule has 2 heterocycles. The van der Waals surface area contributed by atoms with Crippen LogP contribution in [0.3, 0.4) is 0 Å². The fourth-order valence-corrected chi connectivity index (χ4v) is 6.77. The molecule has 57 heavy (non-hydrogen) atoms. The highest BCUT2D eigenvalue weighted by Gasteiger charge is 2.59. The van der Waals surface area contributed by atoms with Crippen molar-refractivity contribution in [2.45, 2.75) is 77.1 Å². The Balaban J connectivity index is 1.27. The van der Waals surface area contributed by atoms with Crippen LogP contribution in [0.15, 0.2) is 133 Å². The van der Waals surface area contributed by atoms with Gasteiger partial charge in [-0.25, -0.2) is 8.78 Å². The third-order valence-electron chi connectivity index (χ3n) is 9.91. The zero-order valence-corrected chi connectivity index (χ0v) is 31.9. The summed E-state index contributed by atoms with van der Waals surface area (Å²) < 4.78 is 69.1. The molecular formula is C46H46F2N2O7. The fraction of sp³-hybridized carbons (Fsp3) is 0.283. The predicted molar refractivity (Wildman–Crippen MR) is 209 cm³/mol. The van der Waals surface area contributed by atoms with Gasteiger partial charge in [-0.2, -0.15) is 0 Å². The molecule has 0 saturated carbocycles. The van der Waals surface area contributed by atoms with Crippen LogP contribution in [-0.4, -0.2) is 52.3 Å². The Labute approximate surface area is 331 Å². The summed E-state index contributed by atoms with van der Waals surface area (Å²) in [7, 11) is 0. The highest BCUT2D eigenvalue weighted by atomic mass is 19.2. The summed E-state index contributed by atoms with van der Waals surface area (Å²) >= 11 is 0. The molecule has 2 N–H and O–H groups in total. The van der Waals surface area contributed by atoms with E-state index < -0.39 is 42.0 Å². The molecule has 6 aromatic rings. The van der Waals surface area contributed by atoms with Crippen molar-refractivity contribution in [3.63, 3.8) is 0 Å². The van der Waals surface area contributed by atoms with E-state index in [1.165, 1.54) is 19.1 Å². The third-order valence-corrected chi connectivity index (χ3v) is 9.91. The second-order valence-electron chi connectivity index (χ2n) is 14.1. The minimum Gasteiger partial charge on any atom is -0.417 e. The van der Waals surface area contributed by atoms with E-state index >= 15 is 4.39 Å². The number of rotatable bonds is 17. The van der Waals surface area contributed by atoms with Crippen molar-refractivity contribution >= 4 is 0 Å². The molecule has 0 bridgehead atoms. The minimum absolute atomic E-state index is 0.0308. The minimum atomic E-state index is -2.56. The molecule has 9 nitrogen and oxygen atoms in total. The van der Waals surface area contributed by atoms with Crippen molar-refractivity contribution in [2.24, 2.45) is 0 Å². The number of ether oxygens (including phenoxy) is 6. The third kappa shape index (κ3) is 10.0. The molecule has 1 fully saturated rings. The van der Waals surface area contributed by atoms with Gasteiger partial charge in [0, 0.05) is 17.7 Å². The molecule has 7 rings (SSSR count). The van der Waals surface area contributed by atoms with E-state index in [0.29, 0.717) is 11.3 Å². The van der Waals surface area contributed by atoms with Gasteiger partial charge in [0.25, 0.3) is 0 Å².